The summed E-state index contributed by atoms with van der Waals surface area (Å²) in [5, 5.41) is 0. The van der Waals surface area contributed by atoms with Gasteiger partial charge >= 0.3 is 17.9 Å². The molecule has 2 aromatic rings. The summed E-state index contributed by atoms with van der Waals surface area (Å²) in [5.41, 5.74) is 2.38. The van der Waals surface area contributed by atoms with E-state index in [1.54, 1.807) is 0 Å². The Morgan fingerprint density at radius 3 is 1.50 bits per heavy atom. The van der Waals surface area contributed by atoms with Crippen LogP contribution in [0.5, 0.6) is 11.5 Å². The van der Waals surface area contributed by atoms with Gasteiger partial charge in [0, 0.05) is 6.08 Å². The van der Waals surface area contributed by atoms with Crippen molar-refractivity contribution in [2.75, 3.05) is 13.2 Å². The molecule has 0 saturated heterocycles. The standard InChI is InChI=1S/C36H46O8/c1-2-34(38)42-26-10-6-4-8-12-29-15-23-33(24-16-29)44-36(40)31-19-17-30(18-20-31)35(39)43-32-21-13-28(14-22-32)11-7-3-5-9-25-41-27-37/h2,13-16,21-24,27,30-31H,1,3-12,17-20,25-26H2. The molecular weight excluding hydrogens is 560 g/mol. The van der Waals surface area contributed by atoms with Gasteiger partial charge in [-0.25, -0.2) is 4.79 Å². The van der Waals surface area contributed by atoms with Crippen LogP contribution in [0.15, 0.2) is 61.2 Å². The highest BCUT2D eigenvalue weighted by atomic mass is 16.5. The van der Waals surface area contributed by atoms with E-state index in [2.05, 4.69) is 6.58 Å². The Kier molecular flexibility index (Phi) is 15.8. The van der Waals surface area contributed by atoms with Crippen molar-refractivity contribution in [2.24, 2.45) is 11.8 Å². The number of carbonyl (C=O) groups excluding carboxylic acids is 4. The third kappa shape index (κ3) is 13.1. The Morgan fingerprint density at radius 2 is 1.07 bits per heavy atom. The second kappa shape index (κ2) is 20.1. The fourth-order valence-corrected chi connectivity index (χ4v) is 5.34. The summed E-state index contributed by atoms with van der Waals surface area (Å²) in [4.78, 5) is 46.7. The van der Waals surface area contributed by atoms with Crippen LogP contribution in [0, 0.1) is 11.8 Å². The highest BCUT2D eigenvalue weighted by Gasteiger charge is 2.32. The van der Waals surface area contributed by atoms with E-state index in [9.17, 15) is 19.2 Å². The molecule has 0 bridgehead atoms. The van der Waals surface area contributed by atoms with E-state index in [1.165, 1.54) is 17.2 Å². The van der Waals surface area contributed by atoms with Gasteiger partial charge in [0.05, 0.1) is 25.0 Å². The van der Waals surface area contributed by atoms with Crippen LogP contribution in [0.2, 0.25) is 0 Å². The maximum absolute atomic E-state index is 12.8. The first-order valence-electron chi connectivity index (χ1n) is 15.9. The number of hydrogen-bond acceptors (Lipinski definition) is 8. The first kappa shape index (κ1) is 34.5. The second-order valence-corrected chi connectivity index (χ2v) is 11.3. The van der Waals surface area contributed by atoms with E-state index in [0.29, 0.717) is 56.9 Å². The molecule has 0 spiro atoms. The molecule has 44 heavy (non-hydrogen) atoms. The number of aryl methyl sites for hydroxylation is 2. The normalized spacial score (nSPS) is 16.0. The Balaban J connectivity index is 1.28. The number of hydrogen-bond donors (Lipinski definition) is 0. The molecule has 238 valence electrons. The van der Waals surface area contributed by atoms with Crippen LogP contribution < -0.4 is 9.47 Å². The van der Waals surface area contributed by atoms with E-state index in [0.717, 1.165) is 64.2 Å². The molecule has 8 nitrogen and oxygen atoms in total. The van der Waals surface area contributed by atoms with Crippen molar-refractivity contribution in [3.8, 4) is 11.5 Å². The van der Waals surface area contributed by atoms with Gasteiger partial charge in [0.25, 0.3) is 6.47 Å². The largest absolute Gasteiger partial charge is 0.468 e. The monoisotopic (exact) mass is 606 g/mol. The molecule has 0 aliphatic heterocycles. The lowest BCUT2D eigenvalue weighted by atomic mass is 9.82. The van der Waals surface area contributed by atoms with Gasteiger partial charge in [-0.3, -0.25) is 14.4 Å². The van der Waals surface area contributed by atoms with Crippen LogP contribution in [0.3, 0.4) is 0 Å². The van der Waals surface area contributed by atoms with Crippen molar-refractivity contribution in [3.63, 3.8) is 0 Å². The van der Waals surface area contributed by atoms with Gasteiger partial charge in [0.15, 0.2) is 0 Å². The zero-order valence-corrected chi connectivity index (χ0v) is 25.7. The van der Waals surface area contributed by atoms with Gasteiger partial charge in [-0.15, -0.1) is 0 Å². The molecule has 0 aromatic heterocycles. The average Bonchev–Trinajstić information content (AvgIpc) is 3.05. The van der Waals surface area contributed by atoms with Crippen molar-refractivity contribution in [1.29, 1.82) is 0 Å². The van der Waals surface area contributed by atoms with Crippen molar-refractivity contribution in [3.05, 3.63) is 72.3 Å². The fourth-order valence-electron chi connectivity index (χ4n) is 5.34. The second-order valence-electron chi connectivity index (χ2n) is 11.3. The average molecular weight is 607 g/mol. The van der Waals surface area contributed by atoms with Crippen molar-refractivity contribution < 1.29 is 38.1 Å². The molecule has 0 atom stereocenters. The van der Waals surface area contributed by atoms with Crippen LogP contribution in [-0.4, -0.2) is 37.6 Å². The van der Waals surface area contributed by atoms with Gasteiger partial charge in [0.1, 0.15) is 11.5 Å². The molecule has 1 saturated carbocycles. The lowest BCUT2D eigenvalue weighted by molar-refractivity contribution is -0.145. The van der Waals surface area contributed by atoms with E-state index in [4.69, 9.17) is 18.9 Å². The molecular formula is C36H46O8. The Bertz CT molecular complexity index is 1160. The first-order chi connectivity index (χ1) is 21.5. The topological polar surface area (TPSA) is 105 Å². The number of unbranched alkanes of at least 4 members (excludes halogenated alkanes) is 6. The highest BCUT2D eigenvalue weighted by molar-refractivity contribution is 5.81. The Hall–Kier alpha value is -3.94. The zero-order valence-electron chi connectivity index (χ0n) is 25.7. The predicted molar refractivity (Wildman–Crippen MR) is 167 cm³/mol. The minimum Gasteiger partial charge on any atom is -0.468 e. The predicted octanol–water partition coefficient (Wildman–Crippen LogP) is 7.11. The van der Waals surface area contributed by atoms with Crippen LogP contribution >= 0.6 is 0 Å². The van der Waals surface area contributed by atoms with Crippen molar-refractivity contribution in [2.45, 2.75) is 89.9 Å². The fraction of sp³-hybridized carbons (Fsp3) is 0.500. The van der Waals surface area contributed by atoms with Crippen LogP contribution in [0.25, 0.3) is 0 Å². The molecule has 0 radical (unpaired) electrons. The summed E-state index contributed by atoms with van der Waals surface area (Å²) < 4.78 is 21.0. The van der Waals surface area contributed by atoms with Crippen LogP contribution in [0.1, 0.15) is 88.2 Å². The number of esters is 3. The third-order valence-electron chi connectivity index (χ3n) is 7.99. The summed E-state index contributed by atoms with van der Waals surface area (Å²) in [6, 6.07) is 15.3. The molecule has 8 heteroatoms. The van der Waals surface area contributed by atoms with Gasteiger partial charge in [0.2, 0.25) is 0 Å². The highest BCUT2D eigenvalue weighted by Crippen LogP contribution is 2.31. The molecule has 1 fully saturated rings. The van der Waals surface area contributed by atoms with Gasteiger partial charge < -0.3 is 18.9 Å². The minimum absolute atomic E-state index is 0.219. The quantitative estimate of drug-likeness (QED) is 0.0516. The summed E-state index contributed by atoms with van der Waals surface area (Å²) >= 11 is 0. The first-order valence-corrected chi connectivity index (χ1v) is 15.9. The number of benzene rings is 2. The number of ether oxygens (including phenoxy) is 4. The lowest BCUT2D eigenvalue weighted by Gasteiger charge is -2.25. The van der Waals surface area contributed by atoms with Crippen LogP contribution in [-0.2, 0) is 41.5 Å². The SMILES string of the molecule is C=CC(=O)OCCCCCCc1ccc(OC(=O)C2CCC(C(=O)Oc3ccc(CCCCCCOC=O)cc3)CC2)cc1. The molecule has 0 N–H and O–H groups in total. The van der Waals surface area contributed by atoms with Crippen LogP contribution in [0.4, 0.5) is 0 Å². The number of carbonyl (C=O) groups is 4. The number of rotatable bonds is 20. The lowest BCUT2D eigenvalue weighted by Crippen LogP contribution is -2.30. The molecule has 2 aromatic carbocycles. The molecule has 0 unspecified atom stereocenters. The minimum atomic E-state index is -0.378. The van der Waals surface area contributed by atoms with Crippen molar-refractivity contribution >= 4 is 24.4 Å². The van der Waals surface area contributed by atoms with E-state index in [-0.39, 0.29) is 29.7 Å². The smallest absolute Gasteiger partial charge is 0.330 e. The van der Waals surface area contributed by atoms with E-state index >= 15 is 0 Å². The molecule has 0 amide bonds. The molecule has 1 aliphatic carbocycles. The van der Waals surface area contributed by atoms with E-state index < -0.39 is 0 Å². The maximum atomic E-state index is 12.8. The molecule has 0 heterocycles. The molecule has 3 rings (SSSR count). The Labute approximate surface area is 261 Å². The van der Waals surface area contributed by atoms with Gasteiger partial charge in [-0.05, 0) is 99.6 Å². The van der Waals surface area contributed by atoms with E-state index in [1.807, 2.05) is 48.5 Å². The summed E-state index contributed by atoms with van der Waals surface area (Å²) in [6.07, 6.45) is 13.4. The van der Waals surface area contributed by atoms with Gasteiger partial charge in [-0.1, -0.05) is 56.5 Å². The maximum Gasteiger partial charge on any atom is 0.330 e. The van der Waals surface area contributed by atoms with Gasteiger partial charge in [-0.2, -0.15) is 0 Å². The summed E-state index contributed by atoms with van der Waals surface area (Å²) in [7, 11) is 0. The summed E-state index contributed by atoms with van der Waals surface area (Å²) in [5.74, 6) is -0.222. The summed E-state index contributed by atoms with van der Waals surface area (Å²) in [6.45, 7) is 4.77. The Morgan fingerprint density at radius 1 is 0.636 bits per heavy atom. The van der Waals surface area contributed by atoms with Crippen molar-refractivity contribution in [1.82, 2.24) is 0 Å². The third-order valence-corrected chi connectivity index (χ3v) is 7.99. The zero-order chi connectivity index (χ0) is 31.4. The molecule has 1 aliphatic rings.